The van der Waals surface area contributed by atoms with Crippen molar-refractivity contribution in [2.45, 2.75) is 25.8 Å². The maximum Gasteiger partial charge on any atom is 0.254 e. The van der Waals surface area contributed by atoms with Gasteiger partial charge in [-0.15, -0.1) is 0 Å². The zero-order valence-electron chi connectivity index (χ0n) is 14.6. The van der Waals surface area contributed by atoms with Crippen molar-refractivity contribution in [2.24, 2.45) is 0 Å². The highest BCUT2D eigenvalue weighted by Crippen LogP contribution is 2.35. The molecule has 6 heteroatoms. The van der Waals surface area contributed by atoms with Crippen LogP contribution in [0.2, 0.25) is 0 Å². The number of anilines is 1. The van der Waals surface area contributed by atoms with Crippen molar-refractivity contribution < 1.29 is 13.2 Å². The minimum Gasteiger partial charge on any atom is -0.335 e. The molecule has 2 aromatic carbocycles. The predicted octanol–water partition coefficient (Wildman–Crippen LogP) is 3.13. The zero-order valence-corrected chi connectivity index (χ0v) is 15.4. The van der Waals surface area contributed by atoms with Gasteiger partial charge >= 0.3 is 0 Å². The summed E-state index contributed by atoms with van der Waals surface area (Å²) in [6.45, 7) is 1.80. The van der Waals surface area contributed by atoms with E-state index >= 15 is 0 Å². The van der Waals surface area contributed by atoms with Gasteiger partial charge in [-0.25, -0.2) is 8.42 Å². The molecule has 0 saturated carbocycles. The molecule has 25 heavy (non-hydrogen) atoms. The van der Waals surface area contributed by atoms with Crippen LogP contribution >= 0.6 is 0 Å². The lowest BCUT2D eigenvalue weighted by atomic mass is 10.1. The SMILES string of the molecule is Cc1ccc(C(=O)N(C)C2CCc3ccccc32)cc1NS(C)(=O)=O. The first-order valence-electron chi connectivity index (χ1n) is 8.19. The van der Waals surface area contributed by atoms with Crippen LogP contribution in [0.5, 0.6) is 0 Å². The molecule has 0 aromatic heterocycles. The van der Waals surface area contributed by atoms with Crippen LogP contribution in [-0.2, 0) is 16.4 Å². The Morgan fingerprint density at radius 1 is 1.20 bits per heavy atom. The summed E-state index contributed by atoms with van der Waals surface area (Å²) in [5.74, 6) is -0.113. The van der Waals surface area contributed by atoms with Gasteiger partial charge in [-0.3, -0.25) is 9.52 Å². The number of sulfonamides is 1. The van der Waals surface area contributed by atoms with Crippen molar-refractivity contribution in [3.05, 3.63) is 64.7 Å². The molecule has 1 unspecified atom stereocenters. The van der Waals surface area contributed by atoms with Gasteiger partial charge in [0.25, 0.3) is 5.91 Å². The van der Waals surface area contributed by atoms with Crippen LogP contribution in [0.15, 0.2) is 42.5 Å². The maximum atomic E-state index is 12.9. The van der Waals surface area contributed by atoms with E-state index in [0.717, 1.165) is 24.7 Å². The standard InChI is InChI=1S/C19H22N2O3S/c1-13-8-9-15(12-17(13)20-25(3,23)24)19(22)21(2)18-11-10-14-6-4-5-7-16(14)18/h4-9,12,18,20H,10-11H2,1-3H3. The molecule has 0 bridgehead atoms. The summed E-state index contributed by atoms with van der Waals surface area (Å²) in [4.78, 5) is 14.7. The highest BCUT2D eigenvalue weighted by molar-refractivity contribution is 7.92. The summed E-state index contributed by atoms with van der Waals surface area (Å²) in [7, 11) is -1.59. The Labute approximate surface area is 148 Å². The molecule has 0 fully saturated rings. The molecule has 1 aliphatic rings. The number of amides is 1. The summed E-state index contributed by atoms with van der Waals surface area (Å²) in [5, 5.41) is 0. The van der Waals surface area contributed by atoms with Gasteiger partial charge < -0.3 is 4.90 Å². The molecule has 0 radical (unpaired) electrons. The number of fused-ring (bicyclic) bond motifs is 1. The van der Waals surface area contributed by atoms with Crippen molar-refractivity contribution in [2.75, 3.05) is 18.0 Å². The van der Waals surface area contributed by atoms with Crippen LogP contribution in [0.4, 0.5) is 5.69 Å². The molecule has 0 spiro atoms. The minimum atomic E-state index is -3.39. The summed E-state index contributed by atoms with van der Waals surface area (Å²) in [5.41, 5.74) is 4.17. The van der Waals surface area contributed by atoms with E-state index in [1.54, 1.807) is 37.1 Å². The van der Waals surface area contributed by atoms with Crippen molar-refractivity contribution in [3.63, 3.8) is 0 Å². The molecule has 0 saturated heterocycles. The summed E-state index contributed by atoms with van der Waals surface area (Å²) < 4.78 is 25.5. The number of aryl methyl sites for hydroxylation is 2. The summed E-state index contributed by atoms with van der Waals surface area (Å²) >= 11 is 0. The fraction of sp³-hybridized carbons (Fsp3) is 0.316. The fourth-order valence-electron chi connectivity index (χ4n) is 3.35. The van der Waals surface area contributed by atoms with Gasteiger partial charge in [0.1, 0.15) is 0 Å². The van der Waals surface area contributed by atoms with E-state index in [1.165, 1.54) is 11.1 Å². The Morgan fingerprint density at radius 2 is 1.92 bits per heavy atom. The Balaban J connectivity index is 1.87. The lowest BCUT2D eigenvalue weighted by Crippen LogP contribution is -2.30. The smallest absolute Gasteiger partial charge is 0.254 e. The molecular formula is C19H22N2O3S. The molecule has 0 aliphatic heterocycles. The number of carbonyl (C=O) groups excluding carboxylic acids is 1. The third-order valence-corrected chi connectivity index (χ3v) is 5.26. The highest BCUT2D eigenvalue weighted by Gasteiger charge is 2.29. The Hall–Kier alpha value is -2.34. The third kappa shape index (κ3) is 3.69. The topological polar surface area (TPSA) is 66.5 Å². The van der Waals surface area contributed by atoms with Gasteiger partial charge in [-0.05, 0) is 48.6 Å². The number of nitrogens with one attached hydrogen (secondary N) is 1. The van der Waals surface area contributed by atoms with Crippen LogP contribution in [-0.4, -0.2) is 32.5 Å². The van der Waals surface area contributed by atoms with E-state index in [4.69, 9.17) is 0 Å². The number of hydrogen-bond donors (Lipinski definition) is 1. The molecule has 3 rings (SSSR count). The predicted molar refractivity (Wildman–Crippen MR) is 99.2 cm³/mol. The van der Waals surface area contributed by atoms with Crippen molar-refractivity contribution in [1.29, 1.82) is 0 Å². The van der Waals surface area contributed by atoms with Crippen LogP contribution < -0.4 is 4.72 Å². The van der Waals surface area contributed by atoms with E-state index in [-0.39, 0.29) is 11.9 Å². The van der Waals surface area contributed by atoms with Crippen molar-refractivity contribution in [3.8, 4) is 0 Å². The first-order chi connectivity index (χ1) is 11.8. The van der Waals surface area contributed by atoms with E-state index in [1.807, 2.05) is 12.1 Å². The second kappa shape index (κ2) is 6.52. The van der Waals surface area contributed by atoms with E-state index in [0.29, 0.717) is 11.3 Å². The number of carbonyl (C=O) groups is 1. The molecule has 1 N–H and O–H groups in total. The summed E-state index contributed by atoms with van der Waals surface area (Å²) in [6.07, 6.45) is 2.97. The largest absolute Gasteiger partial charge is 0.335 e. The first-order valence-corrected chi connectivity index (χ1v) is 10.1. The van der Waals surface area contributed by atoms with Crippen LogP contribution in [0.25, 0.3) is 0 Å². The molecule has 2 aromatic rings. The van der Waals surface area contributed by atoms with Gasteiger partial charge in [0.15, 0.2) is 0 Å². The van der Waals surface area contributed by atoms with Crippen molar-refractivity contribution >= 4 is 21.6 Å². The quantitative estimate of drug-likeness (QED) is 0.913. The van der Waals surface area contributed by atoms with Gasteiger partial charge in [-0.1, -0.05) is 30.3 Å². The molecule has 132 valence electrons. The second-order valence-corrected chi connectivity index (χ2v) is 8.32. The van der Waals surface area contributed by atoms with E-state index in [9.17, 15) is 13.2 Å². The molecule has 0 heterocycles. The molecule has 5 nitrogen and oxygen atoms in total. The average Bonchev–Trinajstić information content (AvgIpc) is 2.98. The van der Waals surface area contributed by atoms with Gasteiger partial charge in [0.05, 0.1) is 18.0 Å². The maximum absolute atomic E-state index is 12.9. The lowest BCUT2D eigenvalue weighted by Gasteiger charge is -2.26. The Morgan fingerprint density at radius 3 is 2.64 bits per heavy atom. The third-order valence-electron chi connectivity index (χ3n) is 4.67. The number of hydrogen-bond acceptors (Lipinski definition) is 3. The van der Waals surface area contributed by atoms with E-state index in [2.05, 4.69) is 16.9 Å². The lowest BCUT2D eigenvalue weighted by molar-refractivity contribution is 0.0730. The van der Waals surface area contributed by atoms with Crippen LogP contribution in [0.3, 0.4) is 0 Å². The zero-order chi connectivity index (χ0) is 18.2. The fourth-order valence-corrected chi connectivity index (χ4v) is 3.97. The van der Waals surface area contributed by atoms with Gasteiger partial charge in [0, 0.05) is 12.6 Å². The highest BCUT2D eigenvalue weighted by atomic mass is 32.2. The number of benzene rings is 2. The molecule has 1 atom stereocenters. The molecule has 1 aliphatic carbocycles. The number of nitrogens with zero attached hydrogens (tertiary/aromatic N) is 1. The second-order valence-electron chi connectivity index (χ2n) is 6.57. The Bertz CT molecular complexity index is 922. The average molecular weight is 358 g/mol. The first kappa shape index (κ1) is 17.5. The minimum absolute atomic E-state index is 0.0521. The normalized spacial score (nSPS) is 16.4. The number of rotatable bonds is 4. The van der Waals surface area contributed by atoms with Gasteiger partial charge in [0.2, 0.25) is 10.0 Å². The molecule has 1 amide bonds. The Kier molecular flexibility index (Phi) is 4.56. The molecular weight excluding hydrogens is 336 g/mol. The monoisotopic (exact) mass is 358 g/mol. The van der Waals surface area contributed by atoms with E-state index < -0.39 is 10.0 Å². The van der Waals surface area contributed by atoms with Crippen LogP contribution in [0, 0.1) is 6.92 Å². The van der Waals surface area contributed by atoms with Crippen LogP contribution in [0.1, 0.15) is 39.5 Å². The van der Waals surface area contributed by atoms with Crippen molar-refractivity contribution in [1.82, 2.24) is 4.90 Å². The van der Waals surface area contributed by atoms with Gasteiger partial charge in [-0.2, -0.15) is 0 Å². The summed E-state index contributed by atoms with van der Waals surface area (Å²) in [6, 6.07) is 13.4.